The van der Waals surface area contributed by atoms with Crippen LogP contribution >= 0.6 is 0 Å². The zero-order valence-corrected chi connectivity index (χ0v) is 15.0. The molecule has 4 rings (SSSR count). The summed E-state index contributed by atoms with van der Waals surface area (Å²) in [4.78, 5) is 16.0. The molecule has 2 aromatic heterocycles. The Kier molecular flexibility index (Phi) is 4.62. The zero-order chi connectivity index (χ0) is 17.9. The standard InChI is InChI=1S/C19H22N6O/c1-13-22-19(24-23-13)17-4-3-9-25(17)12-14-10-20-18(21-11-14)15-5-7-16(26-2)8-6-15/h5-8,10-11,17H,3-4,9,12H2,1-2H3,(H,22,23,24)/t17-/m0/s1. The number of H-pyrrole nitrogens is 1. The minimum atomic E-state index is 0.265. The molecule has 3 aromatic rings. The number of hydrogen-bond donors (Lipinski definition) is 1. The number of ether oxygens (including phenoxy) is 1. The predicted octanol–water partition coefficient (Wildman–Crippen LogP) is 2.92. The van der Waals surface area contributed by atoms with Crippen molar-refractivity contribution in [3.63, 3.8) is 0 Å². The van der Waals surface area contributed by atoms with Gasteiger partial charge in [-0.25, -0.2) is 15.0 Å². The van der Waals surface area contributed by atoms with Crippen LogP contribution < -0.4 is 4.74 Å². The number of nitrogens with zero attached hydrogens (tertiary/aromatic N) is 5. The fraction of sp³-hybridized carbons (Fsp3) is 0.368. The maximum absolute atomic E-state index is 5.19. The molecule has 26 heavy (non-hydrogen) atoms. The van der Waals surface area contributed by atoms with E-state index >= 15 is 0 Å². The molecular weight excluding hydrogens is 328 g/mol. The van der Waals surface area contributed by atoms with Crippen molar-refractivity contribution in [3.8, 4) is 17.1 Å². The van der Waals surface area contributed by atoms with E-state index in [0.717, 1.165) is 60.3 Å². The van der Waals surface area contributed by atoms with Crippen molar-refractivity contribution in [3.05, 3.63) is 53.9 Å². The van der Waals surface area contributed by atoms with Crippen molar-refractivity contribution >= 4 is 0 Å². The molecule has 0 amide bonds. The Morgan fingerprint density at radius 3 is 2.62 bits per heavy atom. The Morgan fingerprint density at radius 2 is 1.96 bits per heavy atom. The molecule has 0 bridgehead atoms. The van der Waals surface area contributed by atoms with Crippen LogP contribution in [0, 0.1) is 6.92 Å². The average Bonchev–Trinajstić information content (AvgIpc) is 3.31. The molecule has 0 spiro atoms. The van der Waals surface area contributed by atoms with Crippen molar-refractivity contribution in [2.45, 2.75) is 32.4 Å². The molecule has 0 unspecified atom stereocenters. The Balaban J connectivity index is 1.46. The van der Waals surface area contributed by atoms with Crippen LogP contribution in [0.15, 0.2) is 36.7 Å². The fourth-order valence-electron chi connectivity index (χ4n) is 3.38. The molecule has 1 N–H and O–H groups in total. The monoisotopic (exact) mass is 350 g/mol. The molecule has 1 aliphatic heterocycles. The van der Waals surface area contributed by atoms with Gasteiger partial charge in [-0.15, -0.1) is 0 Å². The first kappa shape index (κ1) is 16.7. The van der Waals surface area contributed by atoms with E-state index in [4.69, 9.17) is 4.74 Å². The van der Waals surface area contributed by atoms with E-state index in [-0.39, 0.29) is 6.04 Å². The van der Waals surface area contributed by atoms with E-state index in [1.54, 1.807) is 7.11 Å². The number of benzene rings is 1. The van der Waals surface area contributed by atoms with Gasteiger partial charge in [0.05, 0.1) is 13.2 Å². The van der Waals surface area contributed by atoms with Crippen LogP contribution in [-0.4, -0.2) is 43.7 Å². The first-order chi connectivity index (χ1) is 12.7. The summed E-state index contributed by atoms with van der Waals surface area (Å²) in [6.07, 6.45) is 6.06. The second-order valence-corrected chi connectivity index (χ2v) is 6.55. The van der Waals surface area contributed by atoms with Crippen molar-refractivity contribution in [1.29, 1.82) is 0 Å². The number of hydrogen-bond acceptors (Lipinski definition) is 6. The van der Waals surface area contributed by atoms with Gasteiger partial charge in [-0.05, 0) is 50.6 Å². The SMILES string of the molecule is COc1ccc(-c2ncc(CN3CCC[C@H]3c3n[nH]c(C)n3)cn2)cc1. The number of rotatable bonds is 5. The lowest BCUT2D eigenvalue weighted by molar-refractivity contribution is 0.239. The van der Waals surface area contributed by atoms with Gasteiger partial charge in [-0.2, -0.15) is 5.10 Å². The average molecular weight is 350 g/mol. The summed E-state index contributed by atoms with van der Waals surface area (Å²) < 4.78 is 5.19. The van der Waals surface area contributed by atoms with Crippen LogP contribution in [0.4, 0.5) is 0 Å². The number of nitrogens with one attached hydrogen (secondary N) is 1. The molecule has 0 radical (unpaired) electrons. The Morgan fingerprint density at radius 1 is 1.19 bits per heavy atom. The van der Waals surface area contributed by atoms with Crippen LogP contribution in [0.2, 0.25) is 0 Å². The molecule has 1 saturated heterocycles. The maximum Gasteiger partial charge on any atom is 0.167 e. The van der Waals surface area contributed by atoms with Crippen LogP contribution in [0.1, 0.15) is 36.1 Å². The highest BCUT2D eigenvalue weighted by molar-refractivity contribution is 5.55. The Labute approximate surface area is 152 Å². The number of aromatic amines is 1. The zero-order valence-electron chi connectivity index (χ0n) is 15.0. The predicted molar refractivity (Wildman–Crippen MR) is 97.5 cm³/mol. The third kappa shape index (κ3) is 3.43. The number of aryl methyl sites for hydroxylation is 1. The number of aromatic nitrogens is 5. The van der Waals surface area contributed by atoms with E-state index in [0.29, 0.717) is 0 Å². The highest BCUT2D eigenvalue weighted by atomic mass is 16.5. The molecule has 1 fully saturated rings. The Hall–Kier alpha value is -2.80. The van der Waals surface area contributed by atoms with Gasteiger partial charge >= 0.3 is 0 Å². The van der Waals surface area contributed by atoms with Gasteiger partial charge < -0.3 is 4.74 Å². The van der Waals surface area contributed by atoms with Gasteiger partial charge in [-0.1, -0.05) is 0 Å². The van der Waals surface area contributed by atoms with Crippen LogP contribution in [0.3, 0.4) is 0 Å². The van der Waals surface area contributed by atoms with Crippen molar-refractivity contribution in [2.24, 2.45) is 0 Å². The highest BCUT2D eigenvalue weighted by Gasteiger charge is 2.29. The number of methoxy groups -OCH3 is 1. The summed E-state index contributed by atoms with van der Waals surface area (Å²) >= 11 is 0. The van der Waals surface area contributed by atoms with Crippen molar-refractivity contribution in [1.82, 2.24) is 30.0 Å². The van der Waals surface area contributed by atoms with Crippen molar-refractivity contribution in [2.75, 3.05) is 13.7 Å². The van der Waals surface area contributed by atoms with Gasteiger partial charge in [0, 0.05) is 30.1 Å². The van der Waals surface area contributed by atoms with Crippen LogP contribution in [0.5, 0.6) is 5.75 Å². The minimum Gasteiger partial charge on any atom is -0.497 e. The first-order valence-corrected chi connectivity index (χ1v) is 8.81. The molecule has 134 valence electrons. The van der Waals surface area contributed by atoms with Crippen LogP contribution in [0.25, 0.3) is 11.4 Å². The molecule has 1 aliphatic rings. The lowest BCUT2D eigenvalue weighted by Crippen LogP contribution is -2.23. The lowest BCUT2D eigenvalue weighted by atomic mass is 10.2. The third-order valence-electron chi connectivity index (χ3n) is 4.72. The molecular formula is C19H22N6O. The second kappa shape index (κ2) is 7.21. The fourth-order valence-corrected chi connectivity index (χ4v) is 3.38. The summed E-state index contributed by atoms with van der Waals surface area (Å²) in [6.45, 7) is 3.78. The van der Waals surface area contributed by atoms with E-state index in [2.05, 4.69) is 30.0 Å². The maximum atomic E-state index is 5.19. The first-order valence-electron chi connectivity index (χ1n) is 8.81. The van der Waals surface area contributed by atoms with Crippen LogP contribution in [-0.2, 0) is 6.54 Å². The molecule has 7 nitrogen and oxygen atoms in total. The summed E-state index contributed by atoms with van der Waals surface area (Å²) in [7, 11) is 1.66. The van der Waals surface area contributed by atoms with Crippen molar-refractivity contribution < 1.29 is 4.74 Å². The van der Waals surface area contributed by atoms with Gasteiger partial charge in [0.15, 0.2) is 11.6 Å². The third-order valence-corrected chi connectivity index (χ3v) is 4.72. The molecule has 1 atom stereocenters. The summed E-state index contributed by atoms with van der Waals surface area (Å²) in [6, 6.07) is 8.04. The normalized spacial score (nSPS) is 17.5. The second-order valence-electron chi connectivity index (χ2n) is 6.55. The molecule has 7 heteroatoms. The largest absolute Gasteiger partial charge is 0.497 e. The minimum absolute atomic E-state index is 0.265. The Bertz CT molecular complexity index is 858. The summed E-state index contributed by atoms with van der Waals surface area (Å²) in [5.41, 5.74) is 2.08. The van der Waals surface area contributed by atoms with Gasteiger partial charge in [0.2, 0.25) is 0 Å². The van der Waals surface area contributed by atoms with Gasteiger partial charge in [0.25, 0.3) is 0 Å². The van der Waals surface area contributed by atoms with E-state index in [1.165, 1.54) is 0 Å². The van der Waals surface area contributed by atoms with E-state index < -0.39 is 0 Å². The molecule has 0 aliphatic carbocycles. The van der Waals surface area contributed by atoms with E-state index in [9.17, 15) is 0 Å². The van der Waals surface area contributed by atoms with Gasteiger partial charge in [0.1, 0.15) is 11.6 Å². The smallest absolute Gasteiger partial charge is 0.167 e. The highest BCUT2D eigenvalue weighted by Crippen LogP contribution is 2.31. The quantitative estimate of drug-likeness (QED) is 0.762. The lowest BCUT2D eigenvalue weighted by Gasteiger charge is -2.21. The summed E-state index contributed by atoms with van der Waals surface area (Å²) in [5.74, 6) is 3.29. The molecule has 1 aromatic carbocycles. The molecule has 0 saturated carbocycles. The van der Waals surface area contributed by atoms with E-state index in [1.807, 2.05) is 43.6 Å². The summed E-state index contributed by atoms with van der Waals surface area (Å²) in [5, 5.41) is 7.28. The topological polar surface area (TPSA) is 79.8 Å². The van der Waals surface area contributed by atoms with Gasteiger partial charge in [-0.3, -0.25) is 10.00 Å². The number of likely N-dealkylation sites (tertiary alicyclic amines) is 1. The molecule has 3 heterocycles.